The lowest BCUT2D eigenvalue weighted by Gasteiger charge is -2.29. The van der Waals surface area contributed by atoms with E-state index in [0.29, 0.717) is 46.8 Å². The largest absolute Gasteiger partial charge is 0.493 e. The van der Waals surface area contributed by atoms with Crippen molar-refractivity contribution in [1.82, 2.24) is 24.3 Å². The molecule has 2 atom stereocenters. The fourth-order valence-corrected chi connectivity index (χ4v) is 4.83. The van der Waals surface area contributed by atoms with Gasteiger partial charge in [0.25, 0.3) is 0 Å². The van der Waals surface area contributed by atoms with Crippen molar-refractivity contribution >= 4 is 28.1 Å². The van der Waals surface area contributed by atoms with Crippen molar-refractivity contribution in [2.75, 3.05) is 13.1 Å². The molecule has 0 saturated carbocycles. The summed E-state index contributed by atoms with van der Waals surface area (Å²) in [5.41, 5.74) is 0.918. The zero-order chi connectivity index (χ0) is 21.0. The van der Waals surface area contributed by atoms with Gasteiger partial charge in [-0.05, 0) is 18.6 Å². The minimum Gasteiger partial charge on any atom is -0.493 e. The summed E-state index contributed by atoms with van der Waals surface area (Å²) >= 11 is 5.44. The van der Waals surface area contributed by atoms with E-state index in [4.69, 9.17) is 18.6 Å². The number of thiocarbonyl (C=S) groups is 1. The Hall–Kier alpha value is -3.82. The number of benzene rings is 1. The van der Waals surface area contributed by atoms with Gasteiger partial charge in [-0.2, -0.15) is 5.26 Å². The predicted molar refractivity (Wildman–Crippen MR) is 114 cm³/mol. The maximum absolute atomic E-state index is 13.3. The Kier molecular flexibility index (Phi) is 4.02. The molecular formula is C21H16N6O2S. The number of nitrogens with zero attached hydrogens (tertiary/aromatic N) is 5. The summed E-state index contributed by atoms with van der Waals surface area (Å²) in [6.07, 6.45) is 7.45. The Morgan fingerprint density at radius 2 is 2.17 bits per heavy atom. The third kappa shape index (κ3) is 2.36. The molecule has 2 aliphatic rings. The maximum atomic E-state index is 13.3. The molecule has 1 aromatic carbocycles. The average Bonchev–Trinajstić information content (AvgIpc) is 3.43. The van der Waals surface area contributed by atoms with Crippen molar-refractivity contribution in [2.45, 2.75) is 18.5 Å². The summed E-state index contributed by atoms with van der Waals surface area (Å²) in [6.45, 7) is 0.888. The van der Waals surface area contributed by atoms with Crippen LogP contribution >= 0.6 is 12.2 Å². The average molecular weight is 416 g/mol. The van der Waals surface area contributed by atoms with Gasteiger partial charge in [-0.15, -0.1) is 6.42 Å². The van der Waals surface area contributed by atoms with E-state index in [1.807, 2.05) is 17.0 Å². The molecule has 0 amide bonds. The molecule has 2 unspecified atom stereocenters. The van der Waals surface area contributed by atoms with E-state index >= 15 is 0 Å². The van der Waals surface area contributed by atoms with Crippen LogP contribution in [0.2, 0.25) is 0 Å². The third-order valence-electron chi connectivity index (χ3n) is 5.78. The van der Waals surface area contributed by atoms with Crippen LogP contribution < -0.4 is 11.0 Å². The van der Waals surface area contributed by atoms with E-state index in [9.17, 15) is 15.2 Å². The van der Waals surface area contributed by atoms with Gasteiger partial charge in [0.15, 0.2) is 5.11 Å². The van der Waals surface area contributed by atoms with Crippen LogP contribution in [0.3, 0.4) is 0 Å². The zero-order valence-corrected chi connectivity index (χ0v) is 16.6. The smallest absolute Gasteiger partial charge is 0.336 e. The summed E-state index contributed by atoms with van der Waals surface area (Å²) in [7, 11) is 0. The summed E-state index contributed by atoms with van der Waals surface area (Å²) in [6, 6.07) is 8.98. The monoisotopic (exact) mass is 416 g/mol. The lowest BCUT2D eigenvalue weighted by molar-refractivity contribution is 0.334. The van der Waals surface area contributed by atoms with Gasteiger partial charge in [0.1, 0.15) is 17.5 Å². The van der Waals surface area contributed by atoms with Gasteiger partial charge in [-0.25, -0.2) is 14.3 Å². The normalized spacial score (nSPS) is 18.8. The molecule has 148 valence electrons. The number of terminal acetylenes is 1. The SMILES string of the molecule is C#CCNC(=S)N1CC2CC1c1c(O)n(-c3cnc(C#N)c4ccccc34)c(=O)n12. The summed E-state index contributed by atoms with van der Waals surface area (Å²) in [5.74, 6) is 2.36. The molecule has 2 bridgehead atoms. The van der Waals surface area contributed by atoms with Crippen LogP contribution in [0.1, 0.15) is 29.9 Å². The van der Waals surface area contributed by atoms with Crippen LogP contribution in [0, 0.1) is 23.7 Å². The molecule has 1 saturated heterocycles. The molecule has 5 rings (SSSR count). The van der Waals surface area contributed by atoms with Crippen LogP contribution in [0.15, 0.2) is 35.3 Å². The van der Waals surface area contributed by atoms with E-state index in [1.165, 1.54) is 10.8 Å². The van der Waals surface area contributed by atoms with Crippen molar-refractivity contribution in [1.29, 1.82) is 5.26 Å². The first kappa shape index (κ1) is 18.2. The Labute approximate surface area is 177 Å². The molecule has 2 aromatic heterocycles. The molecule has 2 aliphatic heterocycles. The van der Waals surface area contributed by atoms with Crippen LogP contribution in [0.4, 0.5) is 0 Å². The first-order valence-corrected chi connectivity index (χ1v) is 9.80. The van der Waals surface area contributed by atoms with Crippen LogP contribution in [0.25, 0.3) is 16.5 Å². The number of pyridine rings is 1. The molecule has 4 heterocycles. The van der Waals surface area contributed by atoms with Gasteiger partial charge in [0.2, 0.25) is 5.88 Å². The first-order valence-electron chi connectivity index (χ1n) is 9.39. The number of likely N-dealkylation sites (tertiary alicyclic amines) is 1. The summed E-state index contributed by atoms with van der Waals surface area (Å²) in [4.78, 5) is 19.5. The molecule has 9 heteroatoms. The fourth-order valence-electron chi connectivity index (χ4n) is 4.56. The molecule has 1 fully saturated rings. The van der Waals surface area contributed by atoms with Gasteiger partial charge >= 0.3 is 5.69 Å². The number of rotatable bonds is 2. The quantitative estimate of drug-likeness (QED) is 0.483. The van der Waals surface area contributed by atoms with E-state index in [-0.39, 0.29) is 29.3 Å². The minimum absolute atomic E-state index is 0.0900. The molecule has 0 radical (unpaired) electrons. The summed E-state index contributed by atoms with van der Waals surface area (Å²) < 4.78 is 2.92. The van der Waals surface area contributed by atoms with E-state index in [0.717, 1.165) is 0 Å². The Bertz CT molecular complexity index is 1360. The number of imidazole rings is 1. The fraction of sp³-hybridized carbons (Fsp3) is 0.238. The van der Waals surface area contributed by atoms with Gasteiger partial charge in [0.05, 0.1) is 30.5 Å². The number of fused-ring (bicyclic) bond motifs is 6. The van der Waals surface area contributed by atoms with E-state index in [1.54, 1.807) is 16.7 Å². The summed E-state index contributed by atoms with van der Waals surface area (Å²) in [5, 5.41) is 25.3. The van der Waals surface area contributed by atoms with Crippen LogP contribution in [-0.2, 0) is 0 Å². The molecule has 30 heavy (non-hydrogen) atoms. The Morgan fingerprint density at radius 1 is 1.40 bits per heavy atom. The minimum atomic E-state index is -0.325. The zero-order valence-electron chi connectivity index (χ0n) is 15.7. The van der Waals surface area contributed by atoms with Crippen molar-refractivity contribution in [3.8, 4) is 30.0 Å². The topological polar surface area (TPSA) is 99.1 Å². The second kappa shape index (κ2) is 6.61. The number of nitriles is 1. The number of aromatic hydroxyl groups is 1. The second-order valence-corrected chi connectivity index (χ2v) is 7.65. The molecule has 8 nitrogen and oxygen atoms in total. The second-order valence-electron chi connectivity index (χ2n) is 7.27. The highest BCUT2D eigenvalue weighted by atomic mass is 32.1. The molecule has 0 spiro atoms. The molecule has 3 aromatic rings. The van der Waals surface area contributed by atoms with Crippen LogP contribution in [-0.4, -0.2) is 42.3 Å². The van der Waals surface area contributed by atoms with E-state index < -0.39 is 0 Å². The van der Waals surface area contributed by atoms with Gasteiger partial charge in [0, 0.05) is 17.3 Å². The Morgan fingerprint density at radius 3 is 2.90 bits per heavy atom. The highest BCUT2D eigenvalue weighted by Crippen LogP contribution is 2.48. The Balaban J connectivity index is 1.66. The number of hydrogen-bond acceptors (Lipinski definition) is 5. The highest BCUT2D eigenvalue weighted by molar-refractivity contribution is 7.80. The number of nitrogens with one attached hydrogen (secondary N) is 1. The first-order chi connectivity index (χ1) is 14.6. The van der Waals surface area contributed by atoms with Crippen molar-refractivity contribution in [3.63, 3.8) is 0 Å². The molecule has 2 N–H and O–H groups in total. The lowest BCUT2D eigenvalue weighted by atomic mass is 10.1. The lowest BCUT2D eigenvalue weighted by Crippen LogP contribution is -2.43. The third-order valence-corrected chi connectivity index (χ3v) is 6.16. The van der Waals surface area contributed by atoms with Crippen molar-refractivity contribution in [3.05, 3.63) is 52.3 Å². The van der Waals surface area contributed by atoms with Crippen LogP contribution in [0.5, 0.6) is 5.88 Å². The van der Waals surface area contributed by atoms with Gasteiger partial charge in [-0.1, -0.05) is 30.2 Å². The van der Waals surface area contributed by atoms with Crippen molar-refractivity contribution < 1.29 is 5.11 Å². The van der Waals surface area contributed by atoms with E-state index in [2.05, 4.69) is 22.3 Å². The number of hydrogen-bond donors (Lipinski definition) is 2. The standard InChI is InChI=1S/C21H16N6O2S/c1-2-7-23-20(30)25-11-12-8-16(25)18-19(28)27(21(29)26(12)18)17-10-24-15(9-22)13-5-3-4-6-14(13)17/h1,3-6,10,12,16,28H,7-8,11H2,(H,23,30). The maximum Gasteiger partial charge on any atom is 0.336 e. The molecule has 0 aliphatic carbocycles. The predicted octanol–water partition coefficient (Wildman–Crippen LogP) is 1.57. The van der Waals surface area contributed by atoms with Gasteiger partial charge in [-0.3, -0.25) is 4.57 Å². The highest BCUT2D eigenvalue weighted by Gasteiger charge is 2.48. The van der Waals surface area contributed by atoms with Gasteiger partial charge < -0.3 is 15.3 Å². The number of aromatic nitrogens is 3. The van der Waals surface area contributed by atoms with Crippen molar-refractivity contribution in [2.24, 2.45) is 0 Å². The molecular weight excluding hydrogens is 400 g/mol.